The Kier molecular flexibility index (Phi) is 4.96. The number of hydrogen-bond acceptors (Lipinski definition) is 6. The Bertz CT molecular complexity index is 939. The second kappa shape index (κ2) is 7.70. The molecule has 0 saturated carbocycles. The molecular weight excluding hydrogens is 340 g/mol. The number of piperidine rings is 1. The first kappa shape index (κ1) is 17.4. The lowest BCUT2D eigenvalue weighted by Gasteiger charge is -2.29. The zero-order valence-electron chi connectivity index (χ0n) is 15.7. The van der Waals surface area contributed by atoms with E-state index in [0.29, 0.717) is 11.7 Å². The molecule has 0 amide bonds. The van der Waals surface area contributed by atoms with Crippen LogP contribution >= 0.6 is 0 Å². The number of anilines is 3. The van der Waals surface area contributed by atoms with Crippen molar-refractivity contribution in [2.24, 2.45) is 0 Å². The molecule has 0 bridgehead atoms. The summed E-state index contributed by atoms with van der Waals surface area (Å²) < 4.78 is 10.8. The summed E-state index contributed by atoms with van der Waals surface area (Å²) in [6.45, 7) is 2.07. The van der Waals surface area contributed by atoms with Gasteiger partial charge in [0.1, 0.15) is 17.3 Å². The van der Waals surface area contributed by atoms with Gasteiger partial charge >= 0.3 is 0 Å². The minimum Gasteiger partial charge on any atom is -0.497 e. The molecule has 1 fully saturated rings. The predicted octanol–water partition coefficient (Wildman–Crippen LogP) is 4.38. The average molecular weight is 364 g/mol. The van der Waals surface area contributed by atoms with Crippen LogP contribution in [-0.2, 0) is 0 Å². The van der Waals surface area contributed by atoms with Gasteiger partial charge in [0.25, 0.3) is 0 Å². The largest absolute Gasteiger partial charge is 0.497 e. The molecule has 0 radical (unpaired) electrons. The molecule has 1 aliphatic heterocycles. The van der Waals surface area contributed by atoms with Crippen LogP contribution in [0.2, 0.25) is 0 Å². The highest BCUT2D eigenvalue weighted by molar-refractivity contribution is 5.91. The van der Waals surface area contributed by atoms with E-state index < -0.39 is 0 Å². The van der Waals surface area contributed by atoms with E-state index >= 15 is 0 Å². The molecule has 0 unspecified atom stereocenters. The highest BCUT2D eigenvalue weighted by Crippen LogP contribution is 2.33. The van der Waals surface area contributed by atoms with Crippen molar-refractivity contribution < 1.29 is 9.47 Å². The summed E-state index contributed by atoms with van der Waals surface area (Å²) in [7, 11) is 3.28. The molecule has 1 aromatic heterocycles. The fourth-order valence-electron chi connectivity index (χ4n) is 3.48. The molecule has 1 aliphatic rings. The minimum atomic E-state index is 0.567. The molecule has 140 valence electrons. The highest BCUT2D eigenvalue weighted by atomic mass is 16.5. The summed E-state index contributed by atoms with van der Waals surface area (Å²) in [5, 5.41) is 4.41. The van der Waals surface area contributed by atoms with Crippen LogP contribution in [0.25, 0.3) is 10.9 Å². The van der Waals surface area contributed by atoms with Crippen molar-refractivity contribution in [1.29, 1.82) is 0 Å². The van der Waals surface area contributed by atoms with Crippen molar-refractivity contribution in [3.8, 4) is 11.5 Å². The molecule has 27 heavy (non-hydrogen) atoms. The standard InChI is InChI=1S/C21H24N4O2/c1-26-15-10-11-18(19(14-15)27-2)23-21-22-17-9-5-4-8-16(17)20(24-21)25-12-6-3-7-13-25/h4-5,8-11,14H,3,6-7,12-13H2,1-2H3,(H,22,23,24). The van der Waals surface area contributed by atoms with E-state index in [4.69, 9.17) is 19.4 Å². The number of aromatic nitrogens is 2. The van der Waals surface area contributed by atoms with Crippen LogP contribution in [0, 0.1) is 0 Å². The summed E-state index contributed by atoms with van der Waals surface area (Å²) in [4.78, 5) is 11.9. The number of rotatable bonds is 5. The second-order valence-corrected chi connectivity index (χ2v) is 6.63. The number of nitrogens with zero attached hydrogens (tertiary/aromatic N) is 3. The van der Waals surface area contributed by atoms with Gasteiger partial charge in [0, 0.05) is 24.5 Å². The first-order chi connectivity index (χ1) is 13.3. The molecular formula is C21H24N4O2. The Morgan fingerprint density at radius 2 is 1.74 bits per heavy atom. The van der Waals surface area contributed by atoms with E-state index in [1.165, 1.54) is 19.3 Å². The molecule has 0 spiro atoms. The van der Waals surface area contributed by atoms with Gasteiger partial charge in [-0.05, 0) is 43.5 Å². The number of para-hydroxylation sites is 1. The molecule has 6 nitrogen and oxygen atoms in total. The number of fused-ring (bicyclic) bond motifs is 1. The van der Waals surface area contributed by atoms with Crippen LogP contribution in [0.5, 0.6) is 11.5 Å². The average Bonchev–Trinajstić information content (AvgIpc) is 2.74. The predicted molar refractivity (Wildman–Crippen MR) is 108 cm³/mol. The van der Waals surface area contributed by atoms with Gasteiger partial charge in [-0.3, -0.25) is 0 Å². The van der Waals surface area contributed by atoms with E-state index in [9.17, 15) is 0 Å². The molecule has 4 rings (SSSR count). The topological polar surface area (TPSA) is 59.5 Å². The maximum absolute atomic E-state index is 5.49. The Labute approximate surface area is 159 Å². The van der Waals surface area contributed by atoms with Gasteiger partial charge in [-0.15, -0.1) is 0 Å². The number of hydrogen-bond donors (Lipinski definition) is 1. The molecule has 1 saturated heterocycles. The fraction of sp³-hybridized carbons (Fsp3) is 0.333. The monoisotopic (exact) mass is 364 g/mol. The minimum absolute atomic E-state index is 0.567. The maximum Gasteiger partial charge on any atom is 0.229 e. The van der Waals surface area contributed by atoms with E-state index in [-0.39, 0.29) is 0 Å². The Hall–Kier alpha value is -3.02. The van der Waals surface area contributed by atoms with E-state index in [0.717, 1.165) is 41.2 Å². The normalized spacial score (nSPS) is 14.2. The van der Waals surface area contributed by atoms with E-state index in [2.05, 4.69) is 16.3 Å². The lowest BCUT2D eigenvalue weighted by atomic mass is 10.1. The third-order valence-electron chi connectivity index (χ3n) is 4.89. The van der Waals surface area contributed by atoms with E-state index in [1.54, 1.807) is 14.2 Å². The molecule has 0 aliphatic carbocycles. The van der Waals surface area contributed by atoms with E-state index in [1.807, 2.05) is 36.4 Å². The third-order valence-corrected chi connectivity index (χ3v) is 4.89. The Balaban J connectivity index is 1.74. The summed E-state index contributed by atoms with van der Waals surface area (Å²) >= 11 is 0. The number of ether oxygens (including phenoxy) is 2. The second-order valence-electron chi connectivity index (χ2n) is 6.63. The SMILES string of the molecule is COc1ccc(Nc2nc(N3CCCCC3)c3ccccc3n2)c(OC)c1. The summed E-state index contributed by atoms with van der Waals surface area (Å²) in [5.41, 5.74) is 1.74. The van der Waals surface area contributed by atoms with Crippen LogP contribution in [-0.4, -0.2) is 37.3 Å². The van der Waals surface area contributed by atoms with Crippen LogP contribution in [0.3, 0.4) is 0 Å². The Morgan fingerprint density at radius 1 is 0.926 bits per heavy atom. The Morgan fingerprint density at radius 3 is 2.52 bits per heavy atom. The quantitative estimate of drug-likeness (QED) is 0.725. The van der Waals surface area contributed by atoms with Crippen molar-refractivity contribution in [3.05, 3.63) is 42.5 Å². The van der Waals surface area contributed by atoms with Crippen LogP contribution in [0.4, 0.5) is 17.5 Å². The zero-order chi connectivity index (χ0) is 18.6. The first-order valence-corrected chi connectivity index (χ1v) is 9.29. The summed E-state index contributed by atoms with van der Waals surface area (Å²) in [5.74, 6) is 2.99. The third kappa shape index (κ3) is 3.60. The van der Waals surface area contributed by atoms with Crippen molar-refractivity contribution >= 4 is 28.4 Å². The molecule has 0 atom stereocenters. The highest BCUT2D eigenvalue weighted by Gasteiger charge is 2.17. The van der Waals surface area contributed by atoms with Crippen LogP contribution in [0.1, 0.15) is 19.3 Å². The lowest BCUT2D eigenvalue weighted by molar-refractivity contribution is 0.395. The first-order valence-electron chi connectivity index (χ1n) is 9.29. The summed E-state index contributed by atoms with van der Waals surface area (Å²) in [6.07, 6.45) is 3.69. The van der Waals surface area contributed by atoms with Gasteiger partial charge in [-0.2, -0.15) is 4.98 Å². The number of nitrogens with one attached hydrogen (secondary N) is 1. The smallest absolute Gasteiger partial charge is 0.229 e. The van der Waals surface area contributed by atoms with Gasteiger partial charge in [0.05, 0.1) is 25.4 Å². The van der Waals surface area contributed by atoms with Crippen molar-refractivity contribution in [2.45, 2.75) is 19.3 Å². The maximum atomic E-state index is 5.49. The molecule has 3 aromatic rings. The van der Waals surface area contributed by atoms with Crippen molar-refractivity contribution in [3.63, 3.8) is 0 Å². The van der Waals surface area contributed by atoms with Crippen molar-refractivity contribution in [1.82, 2.24) is 9.97 Å². The van der Waals surface area contributed by atoms with Gasteiger partial charge < -0.3 is 19.7 Å². The number of benzene rings is 2. The van der Waals surface area contributed by atoms with Gasteiger partial charge in [0.15, 0.2) is 0 Å². The van der Waals surface area contributed by atoms with Gasteiger partial charge in [0.2, 0.25) is 5.95 Å². The number of methoxy groups -OCH3 is 2. The molecule has 1 N–H and O–H groups in total. The van der Waals surface area contributed by atoms with Crippen molar-refractivity contribution in [2.75, 3.05) is 37.5 Å². The fourth-order valence-corrected chi connectivity index (χ4v) is 3.48. The van der Waals surface area contributed by atoms with Gasteiger partial charge in [-0.1, -0.05) is 12.1 Å². The van der Waals surface area contributed by atoms with Gasteiger partial charge in [-0.25, -0.2) is 4.98 Å². The summed E-state index contributed by atoms with van der Waals surface area (Å²) in [6, 6.07) is 13.8. The van der Waals surface area contributed by atoms with Crippen LogP contribution < -0.4 is 19.7 Å². The molecule has 2 aromatic carbocycles. The van der Waals surface area contributed by atoms with Crippen LogP contribution in [0.15, 0.2) is 42.5 Å². The lowest BCUT2D eigenvalue weighted by Crippen LogP contribution is -2.30. The molecule has 6 heteroatoms. The zero-order valence-corrected chi connectivity index (χ0v) is 15.7. The molecule has 2 heterocycles.